The zero-order valence-electron chi connectivity index (χ0n) is 16.5. The molecule has 1 aromatic rings. The summed E-state index contributed by atoms with van der Waals surface area (Å²) in [6.07, 6.45) is 9.82. The maximum Gasteiger partial charge on any atom is 0.108 e. The molecule has 1 fully saturated rings. The van der Waals surface area contributed by atoms with Crippen LogP contribution in [0.5, 0.6) is 0 Å². The molecule has 0 N–H and O–H groups in total. The lowest BCUT2D eigenvalue weighted by molar-refractivity contribution is -0.0271. The van der Waals surface area contributed by atoms with E-state index in [0.717, 1.165) is 17.9 Å². The highest BCUT2D eigenvalue weighted by molar-refractivity contribution is 7.10. The van der Waals surface area contributed by atoms with Crippen LogP contribution in [0, 0.1) is 11.3 Å². The first kappa shape index (κ1) is 18.1. The SMILES string of the molecule is CCOC1=C[C@H](c2cccs2)[C@]2(N(C)C)C=C(OCC)[C@@]13CCCC[C@@H]32. The number of thiophene rings is 1. The van der Waals surface area contributed by atoms with Gasteiger partial charge in [-0.05, 0) is 64.4 Å². The Morgan fingerprint density at radius 2 is 1.92 bits per heavy atom. The van der Waals surface area contributed by atoms with Crippen molar-refractivity contribution in [2.24, 2.45) is 11.3 Å². The summed E-state index contributed by atoms with van der Waals surface area (Å²) in [6.45, 7) is 5.63. The third-order valence-corrected chi connectivity index (χ3v) is 7.70. The van der Waals surface area contributed by atoms with Gasteiger partial charge in [-0.15, -0.1) is 11.3 Å². The molecule has 1 aromatic heterocycles. The first-order valence-electron chi connectivity index (χ1n) is 10.0. The molecular formula is C22H31NO2S. The first-order chi connectivity index (χ1) is 12.6. The number of hydrogen-bond acceptors (Lipinski definition) is 4. The molecule has 4 rings (SSSR count). The smallest absolute Gasteiger partial charge is 0.108 e. The van der Waals surface area contributed by atoms with Crippen LogP contribution in [0.25, 0.3) is 0 Å². The van der Waals surface area contributed by atoms with Crippen molar-refractivity contribution in [3.05, 3.63) is 46.1 Å². The molecule has 1 saturated carbocycles. The van der Waals surface area contributed by atoms with Crippen molar-refractivity contribution in [2.45, 2.75) is 51.0 Å². The minimum Gasteiger partial charge on any atom is -0.497 e. The van der Waals surface area contributed by atoms with Gasteiger partial charge in [-0.3, -0.25) is 4.90 Å². The molecule has 3 aliphatic rings. The van der Waals surface area contributed by atoms with E-state index in [-0.39, 0.29) is 11.0 Å². The van der Waals surface area contributed by atoms with Gasteiger partial charge >= 0.3 is 0 Å². The molecule has 142 valence electrons. The Labute approximate surface area is 161 Å². The predicted octanol–water partition coefficient (Wildman–Crippen LogP) is 5.18. The van der Waals surface area contributed by atoms with Crippen LogP contribution in [0.2, 0.25) is 0 Å². The van der Waals surface area contributed by atoms with Crippen LogP contribution in [0.3, 0.4) is 0 Å². The normalized spacial score (nSPS) is 35.7. The summed E-state index contributed by atoms with van der Waals surface area (Å²) in [4.78, 5) is 3.87. The highest BCUT2D eigenvalue weighted by atomic mass is 32.1. The topological polar surface area (TPSA) is 21.7 Å². The van der Waals surface area contributed by atoms with E-state index in [1.165, 1.54) is 24.1 Å². The van der Waals surface area contributed by atoms with Crippen LogP contribution >= 0.6 is 11.3 Å². The molecule has 0 radical (unpaired) electrons. The molecule has 3 aliphatic carbocycles. The van der Waals surface area contributed by atoms with E-state index in [1.807, 2.05) is 11.3 Å². The molecule has 0 aromatic carbocycles. The van der Waals surface area contributed by atoms with Gasteiger partial charge in [0.2, 0.25) is 0 Å². The highest BCUT2D eigenvalue weighted by Crippen LogP contribution is 2.68. The molecule has 0 spiro atoms. The molecule has 3 nitrogen and oxygen atoms in total. The van der Waals surface area contributed by atoms with Crippen molar-refractivity contribution in [3.63, 3.8) is 0 Å². The predicted molar refractivity (Wildman–Crippen MR) is 107 cm³/mol. The van der Waals surface area contributed by atoms with E-state index < -0.39 is 0 Å². The average molecular weight is 374 g/mol. The van der Waals surface area contributed by atoms with Crippen molar-refractivity contribution in [2.75, 3.05) is 27.3 Å². The summed E-state index contributed by atoms with van der Waals surface area (Å²) in [5.74, 6) is 3.15. The van der Waals surface area contributed by atoms with Crippen LogP contribution in [0.15, 0.2) is 41.2 Å². The first-order valence-corrected chi connectivity index (χ1v) is 10.9. The van der Waals surface area contributed by atoms with Crippen molar-refractivity contribution in [1.82, 2.24) is 4.90 Å². The summed E-state index contributed by atoms with van der Waals surface area (Å²) < 4.78 is 12.6. The second-order valence-electron chi connectivity index (χ2n) is 7.95. The summed E-state index contributed by atoms with van der Waals surface area (Å²) in [5, 5.41) is 2.19. The summed E-state index contributed by atoms with van der Waals surface area (Å²) in [7, 11) is 4.48. The second kappa shape index (κ2) is 6.72. The molecule has 0 amide bonds. The third kappa shape index (κ3) is 2.27. The molecule has 4 atom stereocenters. The van der Waals surface area contributed by atoms with Gasteiger partial charge in [0.25, 0.3) is 0 Å². The van der Waals surface area contributed by atoms with Crippen LogP contribution in [-0.2, 0) is 9.47 Å². The number of hydrogen-bond donors (Lipinski definition) is 0. The standard InChI is InChI=1S/C22H31NO2S/c1-5-24-19-14-16(17-10-9-13-26-17)22(23(3)4)15-20(25-6-2)21(19)12-8-7-11-18(21)22/h9-10,13-16,18H,5-8,11-12H2,1-4H3/t16-,18+,21-,22-/m1/s1. The average Bonchev–Trinajstić information content (AvgIpc) is 3.23. The fourth-order valence-electron chi connectivity index (χ4n) is 5.85. The molecule has 4 heteroatoms. The molecule has 26 heavy (non-hydrogen) atoms. The van der Waals surface area contributed by atoms with E-state index in [2.05, 4.69) is 62.5 Å². The van der Waals surface area contributed by atoms with Crippen molar-refractivity contribution >= 4 is 11.3 Å². The van der Waals surface area contributed by atoms with Gasteiger partial charge < -0.3 is 9.47 Å². The Morgan fingerprint density at radius 1 is 1.15 bits per heavy atom. The van der Waals surface area contributed by atoms with Crippen molar-refractivity contribution in [1.29, 1.82) is 0 Å². The van der Waals surface area contributed by atoms with E-state index in [0.29, 0.717) is 25.0 Å². The molecular weight excluding hydrogens is 342 g/mol. The minimum atomic E-state index is -0.0672. The number of nitrogens with zero attached hydrogens (tertiary/aromatic N) is 1. The molecule has 0 saturated heterocycles. The third-order valence-electron chi connectivity index (χ3n) is 6.75. The Kier molecular flexibility index (Phi) is 4.68. The molecule has 0 unspecified atom stereocenters. The lowest BCUT2D eigenvalue weighted by atomic mass is 9.55. The van der Waals surface area contributed by atoms with Gasteiger partial charge in [-0.2, -0.15) is 0 Å². The van der Waals surface area contributed by atoms with E-state index in [1.54, 1.807) is 0 Å². The Hall–Kier alpha value is -1.26. The van der Waals surface area contributed by atoms with E-state index >= 15 is 0 Å². The Morgan fingerprint density at radius 3 is 2.58 bits per heavy atom. The number of ether oxygens (including phenoxy) is 2. The zero-order valence-corrected chi connectivity index (χ0v) is 17.3. The lowest BCUT2D eigenvalue weighted by Crippen LogP contribution is -2.58. The number of likely N-dealkylation sites (N-methyl/N-ethyl adjacent to an activating group) is 1. The van der Waals surface area contributed by atoms with E-state index in [9.17, 15) is 0 Å². The summed E-state index contributed by atoms with van der Waals surface area (Å²) in [5.41, 5.74) is -0.0985. The van der Waals surface area contributed by atoms with Crippen molar-refractivity contribution < 1.29 is 9.47 Å². The fourth-order valence-corrected chi connectivity index (χ4v) is 6.72. The molecule has 2 bridgehead atoms. The Bertz CT molecular complexity index is 708. The van der Waals surface area contributed by atoms with Gasteiger partial charge in [0.05, 0.1) is 24.2 Å². The summed E-state index contributed by atoms with van der Waals surface area (Å²) in [6, 6.07) is 4.45. The zero-order chi connectivity index (χ0) is 18.4. The van der Waals surface area contributed by atoms with Gasteiger partial charge in [0, 0.05) is 16.7 Å². The lowest BCUT2D eigenvalue weighted by Gasteiger charge is -2.55. The van der Waals surface area contributed by atoms with Gasteiger partial charge in [0.15, 0.2) is 0 Å². The quantitative estimate of drug-likeness (QED) is 0.686. The van der Waals surface area contributed by atoms with Crippen LogP contribution in [-0.4, -0.2) is 37.7 Å². The number of rotatable bonds is 6. The molecule has 1 heterocycles. The van der Waals surface area contributed by atoms with E-state index in [4.69, 9.17) is 9.47 Å². The van der Waals surface area contributed by atoms with Gasteiger partial charge in [-0.1, -0.05) is 18.9 Å². The van der Waals surface area contributed by atoms with Crippen LogP contribution in [0.1, 0.15) is 50.3 Å². The largest absolute Gasteiger partial charge is 0.497 e. The minimum absolute atomic E-state index is 0.0314. The monoisotopic (exact) mass is 373 g/mol. The maximum absolute atomic E-state index is 6.33. The van der Waals surface area contributed by atoms with Crippen LogP contribution < -0.4 is 0 Å². The van der Waals surface area contributed by atoms with Gasteiger partial charge in [0.1, 0.15) is 11.5 Å². The Balaban J connectivity index is 1.97. The van der Waals surface area contributed by atoms with Crippen LogP contribution in [0.4, 0.5) is 0 Å². The summed E-state index contributed by atoms with van der Waals surface area (Å²) >= 11 is 1.86. The highest BCUT2D eigenvalue weighted by Gasteiger charge is 2.67. The molecule has 0 aliphatic heterocycles. The fraction of sp³-hybridized carbons (Fsp3) is 0.636. The van der Waals surface area contributed by atoms with Gasteiger partial charge in [-0.25, -0.2) is 0 Å². The second-order valence-corrected chi connectivity index (χ2v) is 8.93. The maximum atomic E-state index is 6.33. The van der Waals surface area contributed by atoms with Crippen molar-refractivity contribution in [3.8, 4) is 0 Å².